The molecule has 3 fully saturated rings. The van der Waals surface area contributed by atoms with E-state index in [1.165, 1.54) is 11.1 Å². The molecule has 0 spiro atoms. The fourth-order valence-corrected chi connectivity index (χ4v) is 8.16. The van der Waals surface area contributed by atoms with Crippen LogP contribution in [0, 0.1) is 5.92 Å². The summed E-state index contributed by atoms with van der Waals surface area (Å²) in [6.45, 7) is 1.73. The lowest BCUT2D eigenvalue weighted by molar-refractivity contribution is -0.140. The molecule has 0 radical (unpaired) electrons. The van der Waals surface area contributed by atoms with Gasteiger partial charge >= 0.3 is 0 Å². The summed E-state index contributed by atoms with van der Waals surface area (Å²) in [5, 5.41) is 6.32. The summed E-state index contributed by atoms with van der Waals surface area (Å²) in [6.07, 6.45) is 10.1. The summed E-state index contributed by atoms with van der Waals surface area (Å²) in [5.41, 5.74) is 0.728. The van der Waals surface area contributed by atoms with Crippen molar-refractivity contribution in [3.05, 3.63) is 72.9 Å². The molecule has 4 aliphatic rings. The van der Waals surface area contributed by atoms with E-state index in [9.17, 15) is 22.8 Å². The van der Waals surface area contributed by atoms with Gasteiger partial charge < -0.3 is 20.3 Å². The number of carbonyl (C=O) groups is 3. The second-order valence-electron chi connectivity index (χ2n) is 14.0. The van der Waals surface area contributed by atoms with Crippen LogP contribution in [0.5, 0.6) is 5.88 Å². The van der Waals surface area contributed by atoms with Crippen molar-refractivity contribution in [3.8, 4) is 5.88 Å². The van der Waals surface area contributed by atoms with Gasteiger partial charge in [0.2, 0.25) is 27.7 Å². The first-order chi connectivity index (χ1) is 23.6. The molecule has 1 saturated heterocycles. The van der Waals surface area contributed by atoms with Crippen LogP contribution in [0.25, 0.3) is 11.0 Å². The summed E-state index contributed by atoms with van der Waals surface area (Å²) in [7, 11) is -3.93. The predicted molar refractivity (Wildman–Crippen MR) is 184 cm³/mol. The zero-order valence-corrected chi connectivity index (χ0v) is 28.3. The molecule has 5 atom stereocenters. The average molecular weight is 687 g/mol. The van der Waals surface area contributed by atoms with Crippen LogP contribution < -0.4 is 20.1 Å². The van der Waals surface area contributed by atoms with E-state index < -0.39 is 50.3 Å². The van der Waals surface area contributed by atoms with E-state index >= 15 is 0 Å². The van der Waals surface area contributed by atoms with E-state index in [1.54, 1.807) is 6.92 Å². The minimum atomic E-state index is -3.93. The van der Waals surface area contributed by atoms with Crippen LogP contribution in [0.3, 0.4) is 0 Å². The maximum absolute atomic E-state index is 14.4. The van der Waals surface area contributed by atoms with Crippen molar-refractivity contribution in [1.82, 2.24) is 24.9 Å². The topological polar surface area (TPSA) is 160 Å². The third-order valence-corrected chi connectivity index (χ3v) is 12.5. The highest BCUT2D eigenvalue weighted by atomic mass is 32.2. The molecule has 7 rings (SSSR count). The Hall–Kier alpha value is -4.52. The standard InChI is InChI=1S/C36H42N6O6S/c1-35(18-19-35)49(46,47)41-34(45)36-21-24(36)12-6-3-2-4-9-17-29(38-25-13-7-5-8-14-25)33(44)42-23-26(20-30(42)32(43)40-36)48-31-22-37-27-15-10-11-16-28(27)39-31/h5-8,10-16,22,24,26,29-30,38H,2-4,9,17-21,23H2,1H3,(H,40,43)(H,41,45)/b12-6-/t24-,26+,29-,30-,36+/m0/s1. The van der Waals surface area contributed by atoms with Crippen LogP contribution in [0.4, 0.5) is 5.69 Å². The number of hydrogen-bond acceptors (Lipinski definition) is 9. The fourth-order valence-electron chi connectivity index (χ4n) is 6.85. The van der Waals surface area contributed by atoms with Gasteiger partial charge in [0.25, 0.3) is 5.91 Å². The van der Waals surface area contributed by atoms with Gasteiger partial charge in [0.15, 0.2) is 0 Å². The third-order valence-electron chi connectivity index (χ3n) is 10.3. The van der Waals surface area contributed by atoms with Crippen molar-refractivity contribution >= 4 is 44.5 Å². The molecule has 258 valence electrons. The molecule has 3 amide bonds. The van der Waals surface area contributed by atoms with E-state index in [0.717, 1.165) is 31.4 Å². The Balaban J connectivity index is 1.18. The largest absolute Gasteiger partial charge is 0.471 e. The number of rotatable bonds is 7. The molecule has 1 aromatic heterocycles. The number of anilines is 1. The SMILES string of the molecule is CC1(S(=O)(=O)NC(=O)[C@@]23C[C@@H]2/C=C\CCCCC[C@H](Nc2ccccc2)C(=O)N2C[C@H](Oc4cnc5ccccc5n4)C[C@H]2C(=O)N3)CC1. The lowest BCUT2D eigenvalue weighted by atomic mass is 10.0. The van der Waals surface area contributed by atoms with E-state index in [0.29, 0.717) is 30.3 Å². The minimum absolute atomic E-state index is 0.119. The fraction of sp³-hybridized carbons (Fsp3) is 0.472. The number of benzene rings is 2. The number of amides is 3. The Morgan fingerprint density at radius 3 is 2.55 bits per heavy atom. The number of allylic oxidation sites excluding steroid dienone is 1. The van der Waals surface area contributed by atoms with Crippen LogP contribution in [0.1, 0.15) is 64.7 Å². The molecule has 49 heavy (non-hydrogen) atoms. The first kappa shape index (κ1) is 33.0. The van der Waals surface area contributed by atoms with E-state index in [4.69, 9.17) is 4.74 Å². The molecule has 12 nitrogen and oxygen atoms in total. The second kappa shape index (κ2) is 13.1. The van der Waals surface area contributed by atoms with Crippen molar-refractivity contribution in [2.75, 3.05) is 11.9 Å². The predicted octanol–water partition coefficient (Wildman–Crippen LogP) is 3.85. The summed E-state index contributed by atoms with van der Waals surface area (Å²) in [4.78, 5) is 53.0. The summed E-state index contributed by atoms with van der Waals surface area (Å²) in [6, 6.07) is 15.3. The molecule has 2 saturated carbocycles. The van der Waals surface area contributed by atoms with Gasteiger partial charge in [0.05, 0.1) is 28.5 Å². The van der Waals surface area contributed by atoms with Gasteiger partial charge in [-0.2, -0.15) is 0 Å². The highest BCUT2D eigenvalue weighted by Gasteiger charge is 2.63. The molecule has 0 unspecified atom stereocenters. The monoisotopic (exact) mass is 686 g/mol. The molecule has 13 heteroatoms. The molecular formula is C36H42N6O6S. The average Bonchev–Trinajstić information content (AvgIpc) is 3.97. The second-order valence-corrected chi connectivity index (χ2v) is 16.2. The normalized spacial score (nSPS) is 29.0. The van der Waals surface area contributed by atoms with E-state index in [2.05, 4.69) is 25.3 Å². The minimum Gasteiger partial charge on any atom is -0.471 e. The number of aromatic nitrogens is 2. The molecule has 0 bridgehead atoms. The van der Waals surface area contributed by atoms with Crippen LogP contribution >= 0.6 is 0 Å². The number of ether oxygens (including phenoxy) is 1. The molecule has 3 heterocycles. The maximum atomic E-state index is 14.4. The number of nitrogens with zero attached hydrogens (tertiary/aromatic N) is 3. The van der Waals surface area contributed by atoms with E-state index in [-0.39, 0.29) is 37.1 Å². The maximum Gasteiger partial charge on any atom is 0.259 e. The van der Waals surface area contributed by atoms with Gasteiger partial charge in [0.1, 0.15) is 23.7 Å². The first-order valence-corrected chi connectivity index (χ1v) is 18.6. The molecule has 2 aliphatic carbocycles. The van der Waals surface area contributed by atoms with Crippen molar-refractivity contribution in [2.45, 2.75) is 93.2 Å². The first-order valence-electron chi connectivity index (χ1n) is 17.1. The third kappa shape index (κ3) is 6.85. The summed E-state index contributed by atoms with van der Waals surface area (Å²) in [5.74, 6) is -1.62. The quantitative estimate of drug-likeness (QED) is 0.314. The van der Waals surface area contributed by atoms with Crippen molar-refractivity contribution in [3.63, 3.8) is 0 Å². The highest BCUT2D eigenvalue weighted by Crippen LogP contribution is 2.47. The van der Waals surface area contributed by atoms with Gasteiger partial charge in [-0.25, -0.2) is 18.4 Å². The lowest BCUT2D eigenvalue weighted by Crippen LogP contribution is -2.58. The van der Waals surface area contributed by atoms with Gasteiger partial charge in [-0.1, -0.05) is 55.3 Å². The number of fused-ring (bicyclic) bond motifs is 3. The molecule has 2 aromatic carbocycles. The zero-order chi connectivity index (χ0) is 34.2. The Morgan fingerprint density at radius 2 is 1.78 bits per heavy atom. The zero-order valence-electron chi connectivity index (χ0n) is 27.5. The number of sulfonamides is 1. The van der Waals surface area contributed by atoms with E-state index in [1.807, 2.05) is 66.7 Å². The highest BCUT2D eigenvalue weighted by molar-refractivity contribution is 7.91. The molecular weight excluding hydrogens is 644 g/mol. The van der Waals surface area contributed by atoms with Crippen molar-refractivity contribution < 1.29 is 27.5 Å². The van der Waals surface area contributed by atoms with Gasteiger partial charge in [-0.05, 0) is 69.7 Å². The molecule has 3 aromatic rings. The number of nitrogens with one attached hydrogen (secondary N) is 3. The van der Waals surface area contributed by atoms with Crippen LogP contribution in [-0.4, -0.2) is 76.0 Å². The van der Waals surface area contributed by atoms with Gasteiger partial charge in [-0.15, -0.1) is 0 Å². The Kier molecular flexibility index (Phi) is 8.80. The van der Waals surface area contributed by atoms with Crippen molar-refractivity contribution in [1.29, 1.82) is 0 Å². The van der Waals surface area contributed by atoms with Crippen LogP contribution in [0.15, 0.2) is 72.9 Å². The molecule has 3 N–H and O–H groups in total. The van der Waals surface area contributed by atoms with Gasteiger partial charge in [-0.3, -0.25) is 19.1 Å². The number of hydrogen-bond donors (Lipinski definition) is 3. The summed E-state index contributed by atoms with van der Waals surface area (Å²) < 4.78 is 33.7. The Labute approximate surface area is 286 Å². The lowest BCUT2D eigenvalue weighted by Gasteiger charge is -2.30. The summed E-state index contributed by atoms with van der Waals surface area (Å²) >= 11 is 0. The number of carbonyl (C=O) groups excluding carboxylic acids is 3. The number of para-hydroxylation sites is 3. The molecule has 2 aliphatic heterocycles. The smallest absolute Gasteiger partial charge is 0.259 e. The van der Waals surface area contributed by atoms with Gasteiger partial charge in [0, 0.05) is 18.0 Å². The Bertz CT molecular complexity index is 1880. The van der Waals surface area contributed by atoms with Crippen LogP contribution in [-0.2, 0) is 24.4 Å². The van der Waals surface area contributed by atoms with Crippen molar-refractivity contribution in [2.24, 2.45) is 5.92 Å². The Morgan fingerprint density at radius 1 is 1.02 bits per heavy atom. The van der Waals surface area contributed by atoms with Crippen LogP contribution in [0.2, 0.25) is 0 Å².